The highest BCUT2D eigenvalue weighted by Gasteiger charge is 2.29. The van der Waals surface area contributed by atoms with Crippen LogP contribution in [0.15, 0.2) is 23.0 Å². The Hall–Kier alpha value is -2.18. The van der Waals surface area contributed by atoms with Crippen LogP contribution in [0.1, 0.15) is 43.9 Å². The highest BCUT2D eigenvalue weighted by Crippen LogP contribution is 2.24. The number of carbonyl (C=O) groups excluding carboxylic acids is 1. The van der Waals surface area contributed by atoms with Crippen molar-refractivity contribution in [3.05, 3.63) is 30.2 Å². The Morgan fingerprint density at radius 1 is 1.43 bits per heavy atom. The molecule has 0 aromatic carbocycles. The minimum absolute atomic E-state index is 0.170. The highest BCUT2D eigenvalue weighted by molar-refractivity contribution is 5.80. The van der Waals surface area contributed by atoms with Crippen molar-refractivity contribution in [2.75, 3.05) is 13.1 Å². The Morgan fingerprint density at radius 3 is 2.78 bits per heavy atom. The van der Waals surface area contributed by atoms with Crippen molar-refractivity contribution in [1.29, 1.82) is 0 Å². The van der Waals surface area contributed by atoms with Crippen LogP contribution in [0.25, 0.3) is 0 Å². The Balaban J connectivity index is 1.54. The summed E-state index contributed by atoms with van der Waals surface area (Å²) >= 11 is 0. The van der Waals surface area contributed by atoms with Crippen LogP contribution in [0.5, 0.6) is 0 Å². The maximum atomic E-state index is 12.7. The van der Waals surface area contributed by atoms with E-state index >= 15 is 0 Å². The molecule has 1 unspecified atom stereocenters. The van der Waals surface area contributed by atoms with Crippen molar-refractivity contribution in [3.63, 3.8) is 0 Å². The van der Waals surface area contributed by atoms with Gasteiger partial charge in [-0.05, 0) is 38.2 Å². The number of amides is 1. The number of aryl methyl sites for hydroxylation is 1. The van der Waals surface area contributed by atoms with Gasteiger partial charge in [0.1, 0.15) is 6.04 Å². The molecule has 2 aromatic heterocycles. The minimum Gasteiger partial charge on any atom is -0.341 e. The Labute approximate surface area is 135 Å². The lowest BCUT2D eigenvalue weighted by Crippen LogP contribution is -2.42. The number of aromatic nitrogens is 4. The molecule has 3 heterocycles. The van der Waals surface area contributed by atoms with Gasteiger partial charge < -0.3 is 9.42 Å². The van der Waals surface area contributed by atoms with E-state index in [9.17, 15) is 4.79 Å². The Bertz CT molecular complexity index is 629. The van der Waals surface area contributed by atoms with Gasteiger partial charge in [0.25, 0.3) is 0 Å². The molecule has 7 heteroatoms. The van der Waals surface area contributed by atoms with Crippen molar-refractivity contribution in [1.82, 2.24) is 24.8 Å². The average molecular weight is 317 g/mol. The van der Waals surface area contributed by atoms with Gasteiger partial charge in [0.15, 0.2) is 5.82 Å². The molecule has 23 heavy (non-hydrogen) atoms. The van der Waals surface area contributed by atoms with Crippen LogP contribution in [0.3, 0.4) is 0 Å². The summed E-state index contributed by atoms with van der Waals surface area (Å²) < 4.78 is 6.95. The highest BCUT2D eigenvalue weighted by atomic mass is 16.5. The summed E-state index contributed by atoms with van der Waals surface area (Å²) in [5.74, 6) is 2.06. The van der Waals surface area contributed by atoms with Crippen LogP contribution in [0, 0.1) is 12.8 Å². The lowest BCUT2D eigenvalue weighted by atomic mass is 9.93. The third-order valence-electron chi connectivity index (χ3n) is 4.48. The molecule has 1 fully saturated rings. The van der Waals surface area contributed by atoms with E-state index in [2.05, 4.69) is 15.2 Å². The van der Waals surface area contributed by atoms with E-state index in [0.717, 1.165) is 38.8 Å². The van der Waals surface area contributed by atoms with E-state index < -0.39 is 0 Å². The van der Waals surface area contributed by atoms with E-state index in [1.807, 2.05) is 31.0 Å². The lowest BCUT2D eigenvalue weighted by molar-refractivity contribution is -0.136. The van der Waals surface area contributed by atoms with Crippen LogP contribution >= 0.6 is 0 Å². The average Bonchev–Trinajstić information content (AvgIpc) is 3.21. The molecule has 1 aliphatic rings. The fourth-order valence-corrected chi connectivity index (χ4v) is 3.18. The molecule has 1 atom stereocenters. The molecule has 7 nitrogen and oxygen atoms in total. The molecule has 0 N–H and O–H groups in total. The van der Waals surface area contributed by atoms with Crippen LogP contribution in [-0.4, -0.2) is 43.8 Å². The van der Waals surface area contributed by atoms with Gasteiger partial charge in [0.05, 0.1) is 0 Å². The largest absolute Gasteiger partial charge is 0.341 e. The first-order chi connectivity index (χ1) is 11.2. The van der Waals surface area contributed by atoms with E-state index in [4.69, 9.17) is 4.52 Å². The first-order valence-corrected chi connectivity index (χ1v) is 8.24. The first-order valence-electron chi connectivity index (χ1n) is 8.24. The van der Waals surface area contributed by atoms with Gasteiger partial charge in [-0.15, -0.1) is 0 Å². The quantitative estimate of drug-likeness (QED) is 0.843. The van der Waals surface area contributed by atoms with E-state index in [0.29, 0.717) is 17.6 Å². The van der Waals surface area contributed by atoms with E-state index in [1.54, 1.807) is 10.9 Å². The van der Waals surface area contributed by atoms with E-state index in [-0.39, 0.29) is 11.9 Å². The van der Waals surface area contributed by atoms with Crippen molar-refractivity contribution in [2.45, 2.75) is 45.6 Å². The maximum Gasteiger partial charge on any atom is 0.247 e. The lowest BCUT2D eigenvalue weighted by Gasteiger charge is -2.33. The molecule has 0 radical (unpaired) electrons. The summed E-state index contributed by atoms with van der Waals surface area (Å²) in [5, 5.41) is 8.05. The number of likely N-dealkylation sites (tertiary alicyclic amines) is 1. The Morgan fingerprint density at radius 2 is 2.22 bits per heavy atom. The normalized spacial score (nSPS) is 17.4. The topological polar surface area (TPSA) is 77.0 Å². The second kappa shape index (κ2) is 6.93. The number of rotatable bonds is 5. The summed E-state index contributed by atoms with van der Waals surface area (Å²) in [6, 6.07) is 1.66. The van der Waals surface area contributed by atoms with Crippen LogP contribution < -0.4 is 0 Å². The smallest absolute Gasteiger partial charge is 0.247 e. The monoisotopic (exact) mass is 317 g/mol. The van der Waals surface area contributed by atoms with Crippen molar-refractivity contribution in [3.8, 4) is 0 Å². The molecule has 0 aliphatic carbocycles. The zero-order valence-electron chi connectivity index (χ0n) is 13.7. The molecule has 3 rings (SSSR count). The maximum absolute atomic E-state index is 12.7. The number of hydrogen-bond acceptors (Lipinski definition) is 5. The summed E-state index contributed by atoms with van der Waals surface area (Å²) in [6.07, 6.45) is 7.08. The number of nitrogens with zero attached hydrogens (tertiary/aromatic N) is 5. The SMILES string of the molecule is CCC(C(=O)N1CCC(Cc2nc(C)no2)CC1)n1cccn1. The fraction of sp³-hybridized carbons (Fsp3) is 0.625. The van der Waals surface area contributed by atoms with Gasteiger partial charge in [-0.3, -0.25) is 9.48 Å². The van der Waals surface area contributed by atoms with Gasteiger partial charge in [0.2, 0.25) is 11.8 Å². The second-order valence-electron chi connectivity index (χ2n) is 6.12. The molecular weight excluding hydrogens is 294 g/mol. The van der Waals surface area contributed by atoms with Gasteiger partial charge in [0, 0.05) is 31.9 Å². The number of hydrogen-bond donors (Lipinski definition) is 0. The zero-order chi connectivity index (χ0) is 16.2. The molecule has 0 spiro atoms. The fourth-order valence-electron chi connectivity index (χ4n) is 3.18. The van der Waals surface area contributed by atoms with Gasteiger partial charge in [-0.2, -0.15) is 10.1 Å². The molecule has 1 amide bonds. The molecule has 1 aliphatic heterocycles. The molecule has 1 saturated heterocycles. The third kappa shape index (κ3) is 3.60. The van der Waals surface area contributed by atoms with E-state index in [1.165, 1.54) is 0 Å². The van der Waals surface area contributed by atoms with Crippen molar-refractivity contribution >= 4 is 5.91 Å². The van der Waals surface area contributed by atoms with Gasteiger partial charge >= 0.3 is 0 Å². The van der Waals surface area contributed by atoms with Crippen molar-refractivity contribution < 1.29 is 9.32 Å². The molecule has 0 saturated carbocycles. The van der Waals surface area contributed by atoms with Crippen molar-refractivity contribution in [2.24, 2.45) is 5.92 Å². The first kappa shape index (κ1) is 15.7. The molecular formula is C16H23N5O2. The van der Waals surface area contributed by atoms with Gasteiger partial charge in [-0.1, -0.05) is 12.1 Å². The molecule has 0 bridgehead atoms. The number of carbonyl (C=O) groups is 1. The summed E-state index contributed by atoms with van der Waals surface area (Å²) in [4.78, 5) is 18.9. The molecule has 124 valence electrons. The van der Waals surface area contributed by atoms with Crippen LogP contribution in [0.2, 0.25) is 0 Å². The van der Waals surface area contributed by atoms with Crippen LogP contribution in [-0.2, 0) is 11.2 Å². The minimum atomic E-state index is -0.194. The summed E-state index contributed by atoms with van der Waals surface area (Å²) in [7, 11) is 0. The Kier molecular flexibility index (Phi) is 4.73. The van der Waals surface area contributed by atoms with Gasteiger partial charge in [-0.25, -0.2) is 0 Å². The summed E-state index contributed by atoms with van der Waals surface area (Å²) in [6.45, 7) is 5.42. The van der Waals surface area contributed by atoms with Crippen LogP contribution in [0.4, 0.5) is 0 Å². The standard InChI is InChI=1S/C16H23N5O2/c1-3-14(21-8-4-7-17-21)16(22)20-9-5-13(6-10-20)11-15-18-12(2)19-23-15/h4,7-8,13-14H,3,5-6,9-11H2,1-2H3. The third-order valence-corrected chi connectivity index (χ3v) is 4.48. The second-order valence-corrected chi connectivity index (χ2v) is 6.12. The predicted molar refractivity (Wildman–Crippen MR) is 83.6 cm³/mol. The summed E-state index contributed by atoms with van der Waals surface area (Å²) in [5.41, 5.74) is 0. The predicted octanol–water partition coefficient (Wildman–Crippen LogP) is 2.01. The number of piperidine rings is 1. The molecule has 2 aromatic rings. The zero-order valence-corrected chi connectivity index (χ0v) is 13.7.